The number of aryl methyl sites for hydroxylation is 1. The zero-order valence-corrected chi connectivity index (χ0v) is 11.6. The molecule has 17 heavy (non-hydrogen) atoms. The lowest BCUT2D eigenvalue weighted by Crippen LogP contribution is -2.41. The number of nitrogens with two attached hydrogens (primary N) is 1. The van der Waals surface area contributed by atoms with Crippen LogP contribution in [0.3, 0.4) is 0 Å². The van der Waals surface area contributed by atoms with Crippen molar-refractivity contribution in [3.05, 3.63) is 29.8 Å². The molecule has 1 aromatic carbocycles. The van der Waals surface area contributed by atoms with Gasteiger partial charge in [0.1, 0.15) is 0 Å². The van der Waals surface area contributed by atoms with Gasteiger partial charge in [0.05, 0.1) is 18.8 Å². The van der Waals surface area contributed by atoms with Crippen molar-refractivity contribution >= 4 is 11.8 Å². The second kappa shape index (κ2) is 7.71. The Balaban J connectivity index is 2.40. The molecule has 0 radical (unpaired) electrons. The van der Waals surface area contributed by atoms with Crippen molar-refractivity contribution in [2.75, 3.05) is 12.4 Å². The lowest BCUT2D eigenvalue weighted by molar-refractivity contribution is 0.0655. The maximum Gasteiger partial charge on any atom is 0.0644 e. The number of rotatable bonds is 7. The van der Waals surface area contributed by atoms with E-state index >= 15 is 0 Å². The summed E-state index contributed by atoms with van der Waals surface area (Å²) < 4.78 is 5.56. The number of hydrogen-bond acceptors (Lipinski definition) is 4. The second-order valence-corrected chi connectivity index (χ2v) is 5.38. The van der Waals surface area contributed by atoms with Crippen LogP contribution in [-0.2, 0) is 4.74 Å². The maximum absolute atomic E-state index is 5.56. The predicted molar refractivity (Wildman–Crippen MR) is 74.1 cm³/mol. The molecule has 0 spiro atoms. The largest absolute Gasteiger partial charge is 0.377 e. The summed E-state index contributed by atoms with van der Waals surface area (Å²) in [6, 6.07) is 8.56. The van der Waals surface area contributed by atoms with E-state index in [1.54, 1.807) is 0 Å². The summed E-state index contributed by atoms with van der Waals surface area (Å²) in [5.74, 6) is 6.43. The standard InChI is InChI=1S/C13H22N2OS/c1-10(2)16-8-12(15-14)9-17-13-7-5-4-6-11(13)3/h4-7,10,12,15H,8-9,14H2,1-3H3. The van der Waals surface area contributed by atoms with E-state index in [2.05, 4.69) is 36.6 Å². The molecule has 3 nitrogen and oxygen atoms in total. The number of ether oxygens (including phenoxy) is 1. The zero-order chi connectivity index (χ0) is 12.7. The fourth-order valence-electron chi connectivity index (χ4n) is 1.36. The van der Waals surface area contributed by atoms with Gasteiger partial charge in [-0.1, -0.05) is 18.2 Å². The molecule has 1 atom stereocenters. The number of benzene rings is 1. The van der Waals surface area contributed by atoms with Crippen LogP contribution < -0.4 is 11.3 Å². The van der Waals surface area contributed by atoms with Crippen LogP contribution >= 0.6 is 11.8 Å². The van der Waals surface area contributed by atoms with E-state index in [1.165, 1.54) is 10.5 Å². The minimum atomic E-state index is 0.182. The third-order valence-electron chi connectivity index (χ3n) is 2.40. The van der Waals surface area contributed by atoms with Crippen LogP contribution in [0.5, 0.6) is 0 Å². The Hall–Kier alpha value is -0.550. The first-order valence-electron chi connectivity index (χ1n) is 5.89. The highest BCUT2D eigenvalue weighted by molar-refractivity contribution is 7.99. The molecular weight excluding hydrogens is 232 g/mol. The van der Waals surface area contributed by atoms with Gasteiger partial charge in [-0.25, -0.2) is 0 Å². The van der Waals surface area contributed by atoms with E-state index in [4.69, 9.17) is 10.6 Å². The summed E-state index contributed by atoms with van der Waals surface area (Å²) in [6.07, 6.45) is 0.245. The highest BCUT2D eigenvalue weighted by Crippen LogP contribution is 2.22. The number of nitrogens with one attached hydrogen (secondary N) is 1. The molecular formula is C13H22N2OS. The van der Waals surface area contributed by atoms with Crippen molar-refractivity contribution in [3.8, 4) is 0 Å². The van der Waals surface area contributed by atoms with E-state index in [0.29, 0.717) is 6.61 Å². The van der Waals surface area contributed by atoms with Gasteiger partial charge in [-0.15, -0.1) is 11.8 Å². The lowest BCUT2D eigenvalue weighted by atomic mass is 10.2. The Morgan fingerprint density at radius 3 is 2.65 bits per heavy atom. The molecule has 0 amide bonds. The van der Waals surface area contributed by atoms with Crippen LogP contribution in [0.1, 0.15) is 19.4 Å². The fourth-order valence-corrected chi connectivity index (χ4v) is 2.41. The number of thioether (sulfide) groups is 1. The molecule has 0 aliphatic rings. The molecule has 0 bridgehead atoms. The summed E-state index contributed by atoms with van der Waals surface area (Å²) >= 11 is 1.81. The van der Waals surface area contributed by atoms with Gasteiger partial charge in [-0.05, 0) is 32.4 Å². The average Bonchev–Trinajstić information content (AvgIpc) is 2.31. The summed E-state index contributed by atoms with van der Waals surface area (Å²) in [7, 11) is 0. The van der Waals surface area contributed by atoms with Gasteiger partial charge >= 0.3 is 0 Å². The molecule has 0 saturated heterocycles. The predicted octanol–water partition coefficient (Wildman–Crippen LogP) is 2.34. The molecule has 1 unspecified atom stereocenters. The maximum atomic E-state index is 5.56. The Morgan fingerprint density at radius 2 is 2.06 bits per heavy atom. The van der Waals surface area contributed by atoms with E-state index in [-0.39, 0.29) is 12.1 Å². The molecule has 0 heterocycles. The molecule has 0 aliphatic heterocycles. The van der Waals surface area contributed by atoms with Gasteiger partial charge in [-0.3, -0.25) is 11.3 Å². The Kier molecular flexibility index (Phi) is 6.58. The third-order valence-corrected chi connectivity index (χ3v) is 3.74. The van der Waals surface area contributed by atoms with Crippen LogP contribution in [0.15, 0.2) is 29.2 Å². The Labute approximate surface area is 108 Å². The highest BCUT2D eigenvalue weighted by Gasteiger charge is 2.09. The van der Waals surface area contributed by atoms with Crippen LogP contribution in [0.25, 0.3) is 0 Å². The third kappa shape index (κ3) is 5.55. The van der Waals surface area contributed by atoms with Crippen molar-refractivity contribution in [2.45, 2.75) is 37.8 Å². The van der Waals surface area contributed by atoms with Gasteiger partial charge in [0.25, 0.3) is 0 Å². The first kappa shape index (κ1) is 14.5. The Morgan fingerprint density at radius 1 is 1.35 bits per heavy atom. The summed E-state index contributed by atoms with van der Waals surface area (Å²) in [5.41, 5.74) is 4.11. The van der Waals surface area contributed by atoms with Crippen LogP contribution in [0.2, 0.25) is 0 Å². The Bertz CT molecular complexity index is 331. The molecule has 3 N–H and O–H groups in total. The molecule has 1 rings (SSSR count). The minimum absolute atomic E-state index is 0.182. The molecule has 1 aromatic rings. The van der Waals surface area contributed by atoms with Gasteiger partial charge in [0.2, 0.25) is 0 Å². The number of hydrazine groups is 1. The van der Waals surface area contributed by atoms with Crippen LogP contribution in [0, 0.1) is 6.92 Å². The minimum Gasteiger partial charge on any atom is -0.377 e. The van der Waals surface area contributed by atoms with Crippen molar-refractivity contribution in [1.29, 1.82) is 0 Å². The SMILES string of the molecule is Cc1ccccc1SCC(COC(C)C)NN. The molecule has 4 heteroatoms. The normalized spacial score (nSPS) is 13.0. The van der Waals surface area contributed by atoms with Crippen LogP contribution in [0.4, 0.5) is 0 Å². The topological polar surface area (TPSA) is 47.3 Å². The summed E-state index contributed by atoms with van der Waals surface area (Å²) in [4.78, 5) is 1.30. The van der Waals surface area contributed by atoms with Gasteiger partial charge in [0, 0.05) is 10.6 Å². The van der Waals surface area contributed by atoms with Crippen molar-refractivity contribution in [3.63, 3.8) is 0 Å². The van der Waals surface area contributed by atoms with Crippen molar-refractivity contribution in [1.82, 2.24) is 5.43 Å². The summed E-state index contributed by atoms with van der Waals surface area (Å²) in [5, 5.41) is 0. The van der Waals surface area contributed by atoms with E-state index in [0.717, 1.165) is 5.75 Å². The van der Waals surface area contributed by atoms with Gasteiger partial charge in [0.15, 0.2) is 0 Å². The van der Waals surface area contributed by atoms with Crippen LogP contribution in [-0.4, -0.2) is 24.5 Å². The van der Waals surface area contributed by atoms with Gasteiger partial charge < -0.3 is 4.74 Å². The van der Waals surface area contributed by atoms with Crippen molar-refractivity contribution in [2.24, 2.45) is 5.84 Å². The zero-order valence-electron chi connectivity index (χ0n) is 10.8. The fraction of sp³-hybridized carbons (Fsp3) is 0.538. The molecule has 96 valence electrons. The average molecular weight is 254 g/mol. The smallest absolute Gasteiger partial charge is 0.0644 e. The number of hydrogen-bond donors (Lipinski definition) is 2. The van der Waals surface area contributed by atoms with E-state index in [1.807, 2.05) is 25.6 Å². The first-order chi connectivity index (χ1) is 8.13. The van der Waals surface area contributed by atoms with E-state index in [9.17, 15) is 0 Å². The molecule has 0 saturated carbocycles. The molecule has 0 aromatic heterocycles. The highest BCUT2D eigenvalue weighted by atomic mass is 32.2. The van der Waals surface area contributed by atoms with Crippen molar-refractivity contribution < 1.29 is 4.74 Å². The quantitative estimate of drug-likeness (QED) is 0.445. The van der Waals surface area contributed by atoms with Gasteiger partial charge in [-0.2, -0.15) is 0 Å². The second-order valence-electron chi connectivity index (χ2n) is 4.32. The first-order valence-corrected chi connectivity index (χ1v) is 6.88. The monoisotopic (exact) mass is 254 g/mol. The molecule has 0 fully saturated rings. The lowest BCUT2D eigenvalue weighted by Gasteiger charge is -2.17. The summed E-state index contributed by atoms with van der Waals surface area (Å²) in [6.45, 7) is 6.83. The van der Waals surface area contributed by atoms with E-state index < -0.39 is 0 Å². The molecule has 0 aliphatic carbocycles.